The number of benzene rings is 1. The molecular weight excluding hydrogens is 214 g/mol. The van der Waals surface area contributed by atoms with Gasteiger partial charge in [-0.1, -0.05) is 6.07 Å². The van der Waals surface area contributed by atoms with Crippen LogP contribution in [0.4, 0.5) is 5.69 Å². The van der Waals surface area contributed by atoms with Gasteiger partial charge in [0.2, 0.25) is 0 Å². The fourth-order valence-electron chi connectivity index (χ4n) is 1.64. The molecule has 0 heterocycles. The Morgan fingerprint density at radius 1 is 1.53 bits per heavy atom. The predicted octanol–water partition coefficient (Wildman–Crippen LogP) is 2.02. The largest absolute Gasteiger partial charge is 0.508 e. The molecule has 0 radical (unpaired) electrons. The van der Waals surface area contributed by atoms with E-state index in [1.807, 2.05) is 38.1 Å². The van der Waals surface area contributed by atoms with Crippen LogP contribution in [0.2, 0.25) is 0 Å². The molecular formula is C13H19N3O. The SMILES string of the molecule is CNC(C)c1ccc(N(C)CCC#N)cc1O. The number of hydrogen-bond acceptors (Lipinski definition) is 4. The zero-order chi connectivity index (χ0) is 12.8. The topological polar surface area (TPSA) is 59.3 Å². The maximum absolute atomic E-state index is 9.94. The van der Waals surface area contributed by atoms with Crippen molar-refractivity contribution < 1.29 is 5.11 Å². The summed E-state index contributed by atoms with van der Waals surface area (Å²) in [5.41, 5.74) is 1.80. The Morgan fingerprint density at radius 2 is 2.24 bits per heavy atom. The first-order chi connectivity index (χ1) is 8.10. The second-order valence-electron chi connectivity index (χ2n) is 4.08. The molecule has 2 N–H and O–H groups in total. The normalized spacial score (nSPS) is 11.9. The van der Waals surface area contributed by atoms with Crippen molar-refractivity contribution in [3.8, 4) is 11.8 Å². The minimum atomic E-state index is 0.119. The number of phenols is 1. The maximum Gasteiger partial charge on any atom is 0.122 e. The van der Waals surface area contributed by atoms with Gasteiger partial charge in [-0.05, 0) is 20.0 Å². The van der Waals surface area contributed by atoms with Crippen molar-refractivity contribution in [2.75, 3.05) is 25.5 Å². The van der Waals surface area contributed by atoms with Crippen molar-refractivity contribution in [1.29, 1.82) is 5.26 Å². The Morgan fingerprint density at radius 3 is 2.76 bits per heavy atom. The molecule has 1 atom stereocenters. The second kappa shape index (κ2) is 6.12. The molecule has 0 bridgehead atoms. The van der Waals surface area contributed by atoms with Gasteiger partial charge in [0, 0.05) is 37.0 Å². The molecule has 0 saturated heterocycles. The third-order valence-electron chi connectivity index (χ3n) is 2.91. The second-order valence-corrected chi connectivity index (χ2v) is 4.08. The van der Waals surface area contributed by atoms with E-state index < -0.39 is 0 Å². The highest BCUT2D eigenvalue weighted by Gasteiger charge is 2.10. The summed E-state index contributed by atoms with van der Waals surface area (Å²) in [5, 5.41) is 21.6. The van der Waals surface area contributed by atoms with Crippen molar-refractivity contribution in [1.82, 2.24) is 5.32 Å². The number of phenolic OH excluding ortho intramolecular Hbond substituents is 1. The zero-order valence-electron chi connectivity index (χ0n) is 10.6. The number of nitriles is 1. The van der Waals surface area contributed by atoms with Crippen molar-refractivity contribution in [3.63, 3.8) is 0 Å². The van der Waals surface area contributed by atoms with E-state index in [9.17, 15) is 5.11 Å². The number of nitrogens with zero attached hydrogens (tertiary/aromatic N) is 2. The number of hydrogen-bond donors (Lipinski definition) is 2. The highest BCUT2D eigenvalue weighted by molar-refractivity contribution is 5.53. The highest BCUT2D eigenvalue weighted by atomic mass is 16.3. The van der Waals surface area contributed by atoms with Gasteiger partial charge in [0.05, 0.1) is 12.5 Å². The van der Waals surface area contributed by atoms with Crippen LogP contribution in [-0.4, -0.2) is 25.7 Å². The molecule has 0 aliphatic carbocycles. The minimum Gasteiger partial charge on any atom is -0.508 e. The zero-order valence-corrected chi connectivity index (χ0v) is 10.6. The van der Waals surface area contributed by atoms with Crippen LogP contribution in [-0.2, 0) is 0 Å². The molecule has 4 nitrogen and oxygen atoms in total. The smallest absolute Gasteiger partial charge is 0.122 e. The third-order valence-corrected chi connectivity index (χ3v) is 2.91. The van der Waals surface area contributed by atoms with E-state index in [0.717, 1.165) is 11.3 Å². The Bertz CT molecular complexity index is 412. The average molecular weight is 233 g/mol. The molecule has 0 amide bonds. The summed E-state index contributed by atoms with van der Waals surface area (Å²) >= 11 is 0. The fraction of sp³-hybridized carbons (Fsp3) is 0.462. The van der Waals surface area contributed by atoms with Crippen LogP contribution in [0.3, 0.4) is 0 Å². The molecule has 1 rings (SSSR count). The molecule has 1 aromatic rings. The monoisotopic (exact) mass is 233 g/mol. The summed E-state index contributed by atoms with van der Waals surface area (Å²) in [6.07, 6.45) is 0.478. The first-order valence-electron chi connectivity index (χ1n) is 5.68. The minimum absolute atomic E-state index is 0.119. The quantitative estimate of drug-likeness (QED) is 0.817. The summed E-state index contributed by atoms with van der Waals surface area (Å²) in [5.74, 6) is 0.285. The summed E-state index contributed by atoms with van der Waals surface area (Å²) < 4.78 is 0. The Balaban J connectivity index is 2.85. The highest BCUT2D eigenvalue weighted by Crippen LogP contribution is 2.28. The van der Waals surface area contributed by atoms with Crippen LogP contribution in [0.1, 0.15) is 24.9 Å². The van der Waals surface area contributed by atoms with Gasteiger partial charge in [0.1, 0.15) is 5.75 Å². The first-order valence-corrected chi connectivity index (χ1v) is 5.68. The number of rotatable bonds is 5. The van der Waals surface area contributed by atoms with Crippen LogP contribution >= 0.6 is 0 Å². The maximum atomic E-state index is 9.94. The van der Waals surface area contributed by atoms with Crippen LogP contribution in [0.25, 0.3) is 0 Å². The average Bonchev–Trinajstić information content (AvgIpc) is 2.34. The molecule has 0 aliphatic heterocycles. The van der Waals surface area contributed by atoms with Gasteiger partial charge < -0.3 is 15.3 Å². The molecule has 0 fully saturated rings. The van der Waals surface area contributed by atoms with Gasteiger partial charge in [-0.2, -0.15) is 5.26 Å². The molecule has 1 unspecified atom stereocenters. The standard InChI is InChI=1S/C13H19N3O/c1-10(15-2)12-6-5-11(9-13(12)17)16(3)8-4-7-14/h5-6,9-10,15,17H,4,8H2,1-3H3. The predicted molar refractivity (Wildman–Crippen MR) is 69.1 cm³/mol. The lowest BCUT2D eigenvalue weighted by Crippen LogP contribution is -2.18. The van der Waals surface area contributed by atoms with Crippen LogP contribution in [0.15, 0.2) is 18.2 Å². The van der Waals surface area contributed by atoms with Gasteiger partial charge in [0.25, 0.3) is 0 Å². The van der Waals surface area contributed by atoms with Crippen molar-refractivity contribution in [3.05, 3.63) is 23.8 Å². The van der Waals surface area contributed by atoms with Gasteiger partial charge in [-0.15, -0.1) is 0 Å². The van der Waals surface area contributed by atoms with Crippen LogP contribution < -0.4 is 10.2 Å². The molecule has 4 heteroatoms. The number of aromatic hydroxyl groups is 1. The third kappa shape index (κ3) is 3.36. The summed E-state index contributed by atoms with van der Waals surface area (Å²) in [7, 11) is 3.77. The molecule has 0 spiro atoms. The molecule has 92 valence electrons. The first kappa shape index (κ1) is 13.3. The molecule has 0 aromatic heterocycles. The van der Waals surface area contributed by atoms with E-state index in [1.165, 1.54) is 0 Å². The Kier molecular flexibility index (Phi) is 4.80. The van der Waals surface area contributed by atoms with E-state index in [2.05, 4.69) is 11.4 Å². The Hall–Kier alpha value is -1.73. The van der Waals surface area contributed by atoms with E-state index >= 15 is 0 Å². The lowest BCUT2D eigenvalue weighted by Gasteiger charge is -2.20. The van der Waals surface area contributed by atoms with Gasteiger partial charge in [-0.3, -0.25) is 0 Å². The number of anilines is 1. The number of nitrogens with one attached hydrogen (secondary N) is 1. The van der Waals surface area contributed by atoms with Gasteiger partial charge in [-0.25, -0.2) is 0 Å². The van der Waals surface area contributed by atoms with E-state index in [-0.39, 0.29) is 11.8 Å². The summed E-state index contributed by atoms with van der Waals surface area (Å²) in [4.78, 5) is 1.96. The Labute approximate surface area is 102 Å². The van der Waals surface area contributed by atoms with Crippen molar-refractivity contribution in [2.45, 2.75) is 19.4 Å². The van der Waals surface area contributed by atoms with E-state index in [4.69, 9.17) is 5.26 Å². The molecule has 1 aromatic carbocycles. The van der Waals surface area contributed by atoms with Gasteiger partial charge >= 0.3 is 0 Å². The summed E-state index contributed by atoms with van der Waals surface area (Å²) in [6.45, 7) is 2.66. The van der Waals surface area contributed by atoms with Crippen molar-refractivity contribution >= 4 is 5.69 Å². The van der Waals surface area contributed by atoms with E-state index in [1.54, 1.807) is 6.07 Å². The lowest BCUT2D eigenvalue weighted by molar-refractivity contribution is 0.458. The van der Waals surface area contributed by atoms with Crippen LogP contribution in [0, 0.1) is 11.3 Å². The van der Waals surface area contributed by atoms with Gasteiger partial charge in [0.15, 0.2) is 0 Å². The lowest BCUT2D eigenvalue weighted by atomic mass is 10.1. The van der Waals surface area contributed by atoms with Crippen molar-refractivity contribution in [2.24, 2.45) is 0 Å². The fourth-order valence-corrected chi connectivity index (χ4v) is 1.64. The summed E-state index contributed by atoms with van der Waals surface area (Å²) in [6, 6.07) is 7.83. The van der Waals surface area contributed by atoms with Crippen LogP contribution in [0.5, 0.6) is 5.75 Å². The molecule has 0 aliphatic rings. The van der Waals surface area contributed by atoms with E-state index in [0.29, 0.717) is 13.0 Å². The molecule has 17 heavy (non-hydrogen) atoms. The molecule has 0 saturated carbocycles.